The lowest BCUT2D eigenvalue weighted by Gasteiger charge is -2.08. The zero-order valence-electron chi connectivity index (χ0n) is 14.8. The molecule has 0 aliphatic heterocycles. The van der Waals surface area contributed by atoms with Crippen LogP contribution in [-0.2, 0) is 11.3 Å². The summed E-state index contributed by atoms with van der Waals surface area (Å²) in [5, 5.41) is 2.91. The largest absolute Gasteiger partial charge is 0.494 e. The first kappa shape index (κ1) is 17.7. The lowest BCUT2D eigenvalue weighted by atomic mass is 10.2. The number of aromatic nitrogens is 3. The highest BCUT2D eigenvalue weighted by molar-refractivity contribution is 5.75. The molecule has 3 aromatic rings. The average Bonchev–Trinajstić information content (AvgIpc) is 3.19. The molecule has 6 nitrogen and oxygen atoms in total. The molecule has 2 heterocycles. The molecule has 26 heavy (non-hydrogen) atoms. The van der Waals surface area contributed by atoms with Gasteiger partial charge in [-0.25, -0.2) is 9.97 Å². The summed E-state index contributed by atoms with van der Waals surface area (Å²) in [6.07, 6.45) is 8.12. The highest BCUT2D eigenvalue weighted by Crippen LogP contribution is 2.12. The molecular weight excluding hydrogens is 328 g/mol. The lowest BCUT2D eigenvalue weighted by molar-refractivity contribution is -0.121. The molecule has 1 amide bonds. The molecule has 3 rings (SSSR count). The van der Waals surface area contributed by atoms with Gasteiger partial charge in [-0.05, 0) is 42.7 Å². The van der Waals surface area contributed by atoms with Gasteiger partial charge in [-0.2, -0.15) is 0 Å². The molecule has 134 valence electrons. The Kier molecular flexibility index (Phi) is 5.98. The summed E-state index contributed by atoms with van der Waals surface area (Å²) < 4.78 is 7.48. The summed E-state index contributed by atoms with van der Waals surface area (Å²) in [7, 11) is 0. The van der Waals surface area contributed by atoms with Crippen molar-refractivity contribution >= 4 is 5.91 Å². The van der Waals surface area contributed by atoms with Crippen LogP contribution in [0.1, 0.15) is 24.0 Å². The van der Waals surface area contributed by atoms with Crippen LogP contribution in [0.15, 0.2) is 61.3 Å². The number of nitrogens with one attached hydrogen (secondary N) is 1. The van der Waals surface area contributed by atoms with Crippen LogP contribution in [-0.4, -0.2) is 27.0 Å². The number of hydrogen-bond donors (Lipinski definition) is 1. The fourth-order valence-electron chi connectivity index (χ4n) is 2.49. The molecule has 0 atom stereocenters. The normalized spacial score (nSPS) is 10.5. The van der Waals surface area contributed by atoms with E-state index < -0.39 is 0 Å². The average molecular weight is 350 g/mol. The van der Waals surface area contributed by atoms with E-state index in [1.165, 1.54) is 0 Å². The quantitative estimate of drug-likeness (QED) is 0.634. The predicted octanol–water partition coefficient (Wildman–Crippen LogP) is 3.05. The second-order valence-electron chi connectivity index (χ2n) is 6.04. The van der Waals surface area contributed by atoms with Crippen molar-refractivity contribution in [2.45, 2.75) is 26.3 Å². The first-order valence-electron chi connectivity index (χ1n) is 8.60. The van der Waals surface area contributed by atoms with Gasteiger partial charge in [0.25, 0.3) is 0 Å². The van der Waals surface area contributed by atoms with Gasteiger partial charge in [-0.3, -0.25) is 9.36 Å². The van der Waals surface area contributed by atoms with Crippen molar-refractivity contribution in [2.75, 3.05) is 6.61 Å². The van der Waals surface area contributed by atoms with E-state index in [1.807, 2.05) is 54.1 Å². The standard InChI is InChI=1S/C20H22N4O2/c1-16-4-2-5-18(12-16)26-11-3-6-20(25)23-14-17-7-8-19(22-13-17)24-10-9-21-15-24/h2,4-5,7-10,12-13,15H,3,6,11,14H2,1H3,(H,23,25). The maximum absolute atomic E-state index is 11.9. The van der Waals surface area contributed by atoms with Crippen LogP contribution in [0.4, 0.5) is 0 Å². The smallest absolute Gasteiger partial charge is 0.220 e. The summed E-state index contributed by atoms with van der Waals surface area (Å²) in [6, 6.07) is 11.7. The Morgan fingerprint density at radius 1 is 1.27 bits per heavy atom. The minimum absolute atomic E-state index is 0.0107. The molecule has 0 aliphatic carbocycles. The number of ether oxygens (including phenoxy) is 1. The summed E-state index contributed by atoms with van der Waals surface area (Å²) in [5.41, 5.74) is 2.12. The van der Waals surface area contributed by atoms with Crippen LogP contribution in [0.5, 0.6) is 5.75 Å². The molecular formula is C20H22N4O2. The molecule has 0 saturated carbocycles. The number of nitrogens with zero attached hydrogens (tertiary/aromatic N) is 3. The molecule has 0 aliphatic rings. The molecule has 0 radical (unpaired) electrons. The second-order valence-corrected chi connectivity index (χ2v) is 6.04. The zero-order chi connectivity index (χ0) is 18.2. The molecule has 1 aromatic carbocycles. The lowest BCUT2D eigenvalue weighted by Crippen LogP contribution is -2.23. The van der Waals surface area contributed by atoms with Crippen molar-refractivity contribution in [3.63, 3.8) is 0 Å². The number of carbonyl (C=O) groups is 1. The van der Waals surface area contributed by atoms with E-state index >= 15 is 0 Å². The number of hydrogen-bond acceptors (Lipinski definition) is 4. The maximum Gasteiger partial charge on any atom is 0.220 e. The van der Waals surface area contributed by atoms with Gasteiger partial charge in [0, 0.05) is 31.6 Å². The minimum Gasteiger partial charge on any atom is -0.494 e. The van der Waals surface area contributed by atoms with Crippen LogP contribution in [0.2, 0.25) is 0 Å². The van der Waals surface area contributed by atoms with Gasteiger partial charge < -0.3 is 10.1 Å². The summed E-state index contributed by atoms with van der Waals surface area (Å²) in [5.74, 6) is 1.65. The Morgan fingerprint density at radius 3 is 2.92 bits per heavy atom. The fourth-order valence-corrected chi connectivity index (χ4v) is 2.49. The third kappa shape index (κ3) is 5.17. The number of amides is 1. The SMILES string of the molecule is Cc1cccc(OCCCC(=O)NCc2ccc(-n3ccnc3)nc2)c1. The van der Waals surface area contributed by atoms with E-state index in [0.717, 1.165) is 22.7 Å². The Hall–Kier alpha value is -3.15. The Labute approximate surface area is 152 Å². The van der Waals surface area contributed by atoms with E-state index in [0.29, 0.717) is 26.0 Å². The van der Waals surface area contributed by atoms with Gasteiger partial charge in [0.05, 0.1) is 6.61 Å². The molecule has 0 bridgehead atoms. The van der Waals surface area contributed by atoms with Crippen molar-refractivity contribution in [2.24, 2.45) is 0 Å². The van der Waals surface area contributed by atoms with Crippen LogP contribution in [0, 0.1) is 6.92 Å². The van der Waals surface area contributed by atoms with Crippen molar-refractivity contribution in [3.05, 3.63) is 72.4 Å². The summed E-state index contributed by atoms with van der Waals surface area (Å²) >= 11 is 0. The minimum atomic E-state index is 0.0107. The highest BCUT2D eigenvalue weighted by atomic mass is 16.5. The van der Waals surface area contributed by atoms with E-state index in [4.69, 9.17) is 4.74 Å². The molecule has 2 aromatic heterocycles. The molecule has 1 N–H and O–H groups in total. The van der Waals surface area contributed by atoms with E-state index in [-0.39, 0.29) is 5.91 Å². The zero-order valence-corrected chi connectivity index (χ0v) is 14.8. The Bertz CT molecular complexity index is 829. The van der Waals surface area contributed by atoms with Gasteiger partial charge in [-0.1, -0.05) is 18.2 Å². The van der Waals surface area contributed by atoms with Gasteiger partial charge in [-0.15, -0.1) is 0 Å². The highest BCUT2D eigenvalue weighted by Gasteiger charge is 2.03. The first-order valence-corrected chi connectivity index (χ1v) is 8.60. The Morgan fingerprint density at radius 2 is 2.19 bits per heavy atom. The predicted molar refractivity (Wildman–Crippen MR) is 99.1 cm³/mol. The fraction of sp³-hybridized carbons (Fsp3) is 0.250. The van der Waals surface area contributed by atoms with Gasteiger partial charge in [0.2, 0.25) is 5.91 Å². The van der Waals surface area contributed by atoms with E-state index in [9.17, 15) is 4.79 Å². The maximum atomic E-state index is 11.9. The number of aryl methyl sites for hydroxylation is 1. The second kappa shape index (κ2) is 8.80. The van der Waals surface area contributed by atoms with E-state index in [1.54, 1.807) is 18.7 Å². The third-order valence-electron chi connectivity index (χ3n) is 3.87. The van der Waals surface area contributed by atoms with Crippen molar-refractivity contribution in [3.8, 4) is 11.6 Å². The summed E-state index contributed by atoms with van der Waals surface area (Å²) in [6.45, 7) is 3.02. The number of carbonyl (C=O) groups excluding carboxylic acids is 1. The third-order valence-corrected chi connectivity index (χ3v) is 3.87. The number of pyridine rings is 1. The number of benzene rings is 1. The number of imidazole rings is 1. The molecule has 0 unspecified atom stereocenters. The van der Waals surface area contributed by atoms with Crippen molar-refractivity contribution in [1.29, 1.82) is 0 Å². The monoisotopic (exact) mass is 350 g/mol. The molecule has 0 spiro atoms. The topological polar surface area (TPSA) is 69.0 Å². The van der Waals surface area contributed by atoms with Crippen LogP contribution in [0.25, 0.3) is 5.82 Å². The van der Waals surface area contributed by atoms with Crippen LogP contribution >= 0.6 is 0 Å². The summed E-state index contributed by atoms with van der Waals surface area (Å²) in [4.78, 5) is 20.3. The van der Waals surface area contributed by atoms with E-state index in [2.05, 4.69) is 15.3 Å². The van der Waals surface area contributed by atoms with Gasteiger partial charge >= 0.3 is 0 Å². The number of rotatable bonds is 8. The molecule has 0 fully saturated rings. The van der Waals surface area contributed by atoms with Crippen molar-refractivity contribution < 1.29 is 9.53 Å². The van der Waals surface area contributed by atoms with Crippen LogP contribution < -0.4 is 10.1 Å². The van der Waals surface area contributed by atoms with Crippen molar-refractivity contribution in [1.82, 2.24) is 19.9 Å². The first-order chi connectivity index (χ1) is 12.7. The van der Waals surface area contributed by atoms with Crippen LogP contribution in [0.3, 0.4) is 0 Å². The molecule has 0 saturated heterocycles. The van der Waals surface area contributed by atoms with Gasteiger partial charge in [0.1, 0.15) is 17.9 Å². The molecule has 6 heteroatoms. The Balaban J connectivity index is 1.36. The van der Waals surface area contributed by atoms with Gasteiger partial charge in [0.15, 0.2) is 0 Å².